The molecule has 0 aromatic rings. The molecule has 1 saturated heterocycles. The van der Waals surface area contributed by atoms with E-state index in [1.54, 1.807) is 0 Å². The predicted octanol–water partition coefficient (Wildman–Crippen LogP) is 1.55. The Labute approximate surface area is 67.9 Å². The molecule has 0 aromatic carbocycles. The normalized spacial score (nSPS) is 23.9. The molecule has 0 saturated carbocycles. The van der Waals surface area contributed by atoms with Crippen molar-refractivity contribution in [2.75, 3.05) is 13.2 Å². The van der Waals surface area contributed by atoms with E-state index >= 15 is 0 Å². The average Bonchev–Trinajstić information content (AvgIpc) is 2.07. The Balaban J connectivity index is 2.08. The molecule has 0 unspecified atom stereocenters. The highest BCUT2D eigenvalue weighted by atomic mass is 16.7. The molecule has 1 aliphatic rings. The van der Waals surface area contributed by atoms with Crippen LogP contribution in [0.2, 0.25) is 0 Å². The molecule has 1 fully saturated rings. The minimum Gasteiger partial charge on any atom is -0.353 e. The van der Waals surface area contributed by atoms with Crippen molar-refractivity contribution in [3.8, 4) is 11.8 Å². The van der Waals surface area contributed by atoms with Crippen molar-refractivity contribution in [2.45, 2.75) is 32.5 Å². The smallest absolute Gasteiger partial charge is 0.158 e. The second kappa shape index (κ2) is 5.17. The van der Waals surface area contributed by atoms with Gasteiger partial charge in [-0.05, 0) is 26.2 Å². The fraction of sp³-hybridized carbons (Fsp3) is 0.778. The van der Waals surface area contributed by atoms with Crippen molar-refractivity contribution >= 4 is 0 Å². The van der Waals surface area contributed by atoms with Crippen LogP contribution in [0.3, 0.4) is 0 Å². The molecule has 0 bridgehead atoms. The van der Waals surface area contributed by atoms with Crippen molar-refractivity contribution < 1.29 is 9.47 Å². The van der Waals surface area contributed by atoms with Crippen molar-refractivity contribution in [1.29, 1.82) is 0 Å². The van der Waals surface area contributed by atoms with Gasteiger partial charge in [-0.3, -0.25) is 0 Å². The Morgan fingerprint density at radius 1 is 1.55 bits per heavy atom. The first kappa shape index (κ1) is 8.58. The summed E-state index contributed by atoms with van der Waals surface area (Å²) in [4.78, 5) is 0. The molecule has 0 N–H and O–H groups in total. The quantitative estimate of drug-likeness (QED) is 0.562. The molecule has 2 heteroatoms. The van der Waals surface area contributed by atoms with Gasteiger partial charge in [0, 0.05) is 6.61 Å². The summed E-state index contributed by atoms with van der Waals surface area (Å²) in [7, 11) is 0. The van der Waals surface area contributed by atoms with Gasteiger partial charge in [0.15, 0.2) is 6.29 Å². The summed E-state index contributed by atoms with van der Waals surface area (Å²) in [5.41, 5.74) is 0. The molecule has 0 aromatic heterocycles. The van der Waals surface area contributed by atoms with Gasteiger partial charge in [-0.15, -0.1) is 5.92 Å². The molecule has 0 amide bonds. The van der Waals surface area contributed by atoms with Crippen molar-refractivity contribution in [1.82, 2.24) is 0 Å². The third-order valence-corrected chi connectivity index (χ3v) is 1.66. The lowest BCUT2D eigenvalue weighted by Crippen LogP contribution is -2.22. The minimum atomic E-state index is 0.00426. The lowest BCUT2D eigenvalue weighted by Gasteiger charge is -2.21. The van der Waals surface area contributed by atoms with E-state index in [0.717, 1.165) is 13.0 Å². The van der Waals surface area contributed by atoms with Crippen LogP contribution < -0.4 is 0 Å². The zero-order valence-electron chi connectivity index (χ0n) is 6.93. The van der Waals surface area contributed by atoms with E-state index in [-0.39, 0.29) is 6.29 Å². The first-order chi connectivity index (χ1) is 5.43. The molecule has 1 atom stereocenters. The first-order valence-electron chi connectivity index (χ1n) is 4.06. The molecule has 11 heavy (non-hydrogen) atoms. The zero-order valence-corrected chi connectivity index (χ0v) is 6.93. The van der Waals surface area contributed by atoms with Gasteiger partial charge in [0.05, 0.1) is 0 Å². The fourth-order valence-electron chi connectivity index (χ4n) is 1.05. The lowest BCUT2D eigenvalue weighted by atomic mass is 10.2. The molecule has 62 valence electrons. The van der Waals surface area contributed by atoms with Crippen LogP contribution in [-0.2, 0) is 9.47 Å². The third-order valence-electron chi connectivity index (χ3n) is 1.66. The highest BCUT2D eigenvalue weighted by Crippen LogP contribution is 2.12. The Morgan fingerprint density at radius 3 is 3.09 bits per heavy atom. The second-order valence-electron chi connectivity index (χ2n) is 2.53. The highest BCUT2D eigenvalue weighted by Gasteiger charge is 2.12. The number of rotatable bonds is 2. The molecule has 1 heterocycles. The van der Waals surface area contributed by atoms with E-state index in [0.29, 0.717) is 6.61 Å². The maximum Gasteiger partial charge on any atom is 0.158 e. The predicted molar refractivity (Wildman–Crippen MR) is 43.0 cm³/mol. The van der Waals surface area contributed by atoms with Gasteiger partial charge in [-0.2, -0.15) is 0 Å². The molecule has 1 rings (SSSR count). The Hall–Kier alpha value is -0.520. The molecule has 0 aliphatic carbocycles. The fourth-order valence-corrected chi connectivity index (χ4v) is 1.05. The van der Waals surface area contributed by atoms with Gasteiger partial charge >= 0.3 is 0 Å². The summed E-state index contributed by atoms with van der Waals surface area (Å²) in [6.07, 6.45) is 3.40. The van der Waals surface area contributed by atoms with Crippen LogP contribution in [0.15, 0.2) is 0 Å². The molecular formula is C9H14O2. The van der Waals surface area contributed by atoms with Crippen LogP contribution in [0, 0.1) is 11.8 Å². The molecule has 1 aliphatic heterocycles. The van der Waals surface area contributed by atoms with Gasteiger partial charge in [-0.1, -0.05) is 5.92 Å². The Bertz CT molecular complexity index is 149. The molecular weight excluding hydrogens is 140 g/mol. The molecule has 2 nitrogen and oxygen atoms in total. The Morgan fingerprint density at radius 2 is 2.45 bits per heavy atom. The van der Waals surface area contributed by atoms with E-state index in [9.17, 15) is 0 Å². The van der Waals surface area contributed by atoms with E-state index in [2.05, 4.69) is 11.8 Å². The van der Waals surface area contributed by atoms with E-state index in [4.69, 9.17) is 9.47 Å². The largest absolute Gasteiger partial charge is 0.353 e. The van der Waals surface area contributed by atoms with Crippen LogP contribution in [0.5, 0.6) is 0 Å². The number of hydrogen-bond donors (Lipinski definition) is 0. The number of ether oxygens (including phenoxy) is 2. The van der Waals surface area contributed by atoms with E-state index in [1.807, 2.05) is 6.92 Å². The van der Waals surface area contributed by atoms with Crippen molar-refractivity contribution in [3.05, 3.63) is 0 Å². The van der Waals surface area contributed by atoms with Crippen molar-refractivity contribution in [2.24, 2.45) is 0 Å². The SMILES string of the molecule is CC#CCO[C@@H]1CCCCO1. The van der Waals surface area contributed by atoms with Gasteiger partial charge in [-0.25, -0.2) is 0 Å². The van der Waals surface area contributed by atoms with Crippen LogP contribution in [0.25, 0.3) is 0 Å². The van der Waals surface area contributed by atoms with Crippen LogP contribution in [0.4, 0.5) is 0 Å². The maximum atomic E-state index is 5.33. The van der Waals surface area contributed by atoms with Crippen LogP contribution in [-0.4, -0.2) is 19.5 Å². The van der Waals surface area contributed by atoms with Gasteiger partial charge in [0.1, 0.15) is 6.61 Å². The summed E-state index contributed by atoms with van der Waals surface area (Å²) in [5.74, 6) is 5.62. The minimum absolute atomic E-state index is 0.00426. The van der Waals surface area contributed by atoms with E-state index in [1.165, 1.54) is 12.8 Å². The monoisotopic (exact) mass is 154 g/mol. The van der Waals surface area contributed by atoms with E-state index < -0.39 is 0 Å². The van der Waals surface area contributed by atoms with Gasteiger partial charge < -0.3 is 9.47 Å². The summed E-state index contributed by atoms with van der Waals surface area (Å²) in [6.45, 7) is 3.15. The summed E-state index contributed by atoms with van der Waals surface area (Å²) < 4.78 is 10.7. The third kappa shape index (κ3) is 3.41. The number of hydrogen-bond acceptors (Lipinski definition) is 2. The first-order valence-corrected chi connectivity index (χ1v) is 4.06. The van der Waals surface area contributed by atoms with Crippen LogP contribution >= 0.6 is 0 Å². The summed E-state index contributed by atoms with van der Waals surface area (Å²) in [5, 5.41) is 0. The van der Waals surface area contributed by atoms with Crippen LogP contribution in [0.1, 0.15) is 26.2 Å². The topological polar surface area (TPSA) is 18.5 Å². The molecule has 0 radical (unpaired) electrons. The maximum absolute atomic E-state index is 5.33. The standard InChI is InChI=1S/C9H14O2/c1-2-3-7-10-9-6-4-5-8-11-9/h9H,4-8H2,1H3/t9-/m0/s1. The zero-order chi connectivity index (χ0) is 7.94. The molecule has 0 spiro atoms. The summed E-state index contributed by atoms with van der Waals surface area (Å²) in [6, 6.07) is 0. The van der Waals surface area contributed by atoms with Crippen molar-refractivity contribution in [3.63, 3.8) is 0 Å². The Kier molecular flexibility index (Phi) is 4.03. The lowest BCUT2D eigenvalue weighted by molar-refractivity contribution is -0.154. The van der Waals surface area contributed by atoms with Gasteiger partial charge in [0.25, 0.3) is 0 Å². The highest BCUT2D eigenvalue weighted by molar-refractivity contribution is 4.94. The average molecular weight is 154 g/mol. The summed E-state index contributed by atoms with van der Waals surface area (Å²) >= 11 is 0. The second-order valence-corrected chi connectivity index (χ2v) is 2.53. The van der Waals surface area contributed by atoms with Gasteiger partial charge in [0.2, 0.25) is 0 Å².